The lowest BCUT2D eigenvalue weighted by atomic mass is 10.2. The van der Waals surface area contributed by atoms with Crippen molar-refractivity contribution in [1.82, 2.24) is 0 Å². The first-order valence-electron chi connectivity index (χ1n) is 4.45. The number of carbonyl (C=O) groups excluding carboxylic acids is 1. The molecule has 3 N–H and O–H groups in total. The van der Waals surface area contributed by atoms with Crippen LogP contribution in [0.4, 0.5) is 0 Å². The van der Waals surface area contributed by atoms with Crippen LogP contribution in [0.15, 0.2) is 0 Å². The Bertz CT molecular complexity index is 163. The summed E-state index contributed by atoms with van der Waals surface area (Å²) in [5, 5.41) is 9.32. The summed E-state index contributed by atoms with van der Waals surface area (Å²) in [4.78, 5) is 10.4. The van der Waals surface area contributed by atoms with E-state index in [-0.39, 0.29) is 11.5 Å². The van der Waals surface area contributed by atoms with Crippen LogP contribution in [0.3, 0.4) is 0 Å². The van der Waals surface area contributed by atoms with Crippen LogP contribution in [-0.4, -0.2) is 22.9 Å². The summed E-state index contributed by atoms with van der Waals surface area (Å²) in [6, 6.07) is 0. The monoisotopic (exact) mass is 189 g/mol. The van der Waals surface area contributed by atoms with E-state index in [0.29, 0.717) is 19.3 Å². The van der Waals surface area contributed by atoms with Gasteiger partial charge in [0.2, 0.25) is 5.91 Å². The molecule has 1 atom stereocenters. The molecule has 4 nitrogen and oxygen atoms in total. The zero-order valence-corrected chi connectivity index (χ0v) is 8.54. The first-order valence-corrected chi connectivity index (χ1v) is 4.45. The fraction of sp³-hybridized carbons (Fsp3) is 0.889. The smallest absolute Gasteiger partial charge is 0.217 e. The third-order valence-corrected chi connectivity index (χ3v) is 1.36. The molecule has 0 radical (unpaired) electrons. The molecule has 0 aliphatic rings. The molecular weight excluding hydrogens is 170 g/mol. The molecule has 0 aromatic carbocycles. The number of rotatable bonds is 5. The van der Waals surface area contributed by atoms with Crippen LogP contribution in [0, 0.1) is 0 Å². The van der Waals surface area contributed by atoms with E-state index < -0.39 is 6.29 Å². The van der Waals surface area contributed by atoms with E-state index in [1.54, 1.807) is 0 Å². The second kappa shape index (κ2) is 5.19. The van der Waals surface area contributed by atoms with Crippen molar-refractivity contribution in [3.8, 4) is 0 Å². The van der Waals surface area contributed by atoms with E-state index in [9.17, 15) is 9.90 Å². The van der Waals surface area contributed by atoms with Crippen LogP contribution in [-0.2, 0) is 9.53 Å². The van der Waals surface area contributed by atoms with Gasteiger partial charge in [0.15, 0.2) is 6.29 Å². The van der Waals surface area contributed by atoms with E-state index in [4.69, 9.17) is 10.5 Å². The minimum atomic E-state index is -0.806. The second-order valence-electron chi connectivity index (χ2n) is 4.04. The highest BCUT2D eigenvalue weighted by molar-refractivity contribution is 5.73. The predicted molar refractivity (Wildman–Crippen MR) is 49.9 cm³/mol. The van der Waals surface area contributed by atoms with Gasteiger partial charge >= 0.3 is 0 Å². The Morgan fingerprint density at radius 1 is 1.54 bits per heavy atom. The van der Waals surface area contributed by atoms with Crippen LogP contribution in [0.1, 0.15) is 40.0 Å². The van der Waals surface area contributed by atoms with Gasteiger partial charge in [-0.05, 0) is 33.6 Å². The summed E-state index contributed by atoms with van der Waals surface area (Å²) in [6.07, 6.45) is 0.497. The summed E-state index contributed by atoms with van der Waals surface area (Å²) in [6.45, 7) is 5.60. The number of nitrogens with two attached hydrogens (primary N) is 1. The van der Waals surface area contributed by atoms with Gasteiger partial charge in [-0.25, -0.2) is 0 Å². The summed E-state index contributed by atoms with van der Waals surface area (Å²) in [5.41, 5.74) is 4.59. The fourth-order valence-corrected chi connectivity index (χ4v) is 0.918. The molecule has 78 valence electrons. The number of aliphatic hydroxyl groups excluding tert-OH is 1. The number of primary amides is 1. The Kier molecular flexibility index (Phi) is 4.95. The Hall–Kier alpha value is -0.610. The molecular formula is C9H19NO3. The molecule has 0 spiro atoms. The molecule has 0 saturated heterocycles. The molecule has 0 bridgehead atoms. The van der Waals surface area contributed by atoms with Crippen LogP contribution >= 0.6 is 0 Å². The van der Waals surface area contributed by atoms with Crippen molar-refractivity contribution < 1.29 is 14.6 Å². The van der Waals surface area contributed by atoms with Gasteiger partial charge in [0.25, 0.3) is 0 Å². The summed E-state index contributed by atoms with van der Waals surface area (Å²) in [7, 11) is 0. The molecule has 0 aromatic heterocycles. The van der Waals surface area contributed by atoms with Crippen molar-refractivity contribution in [3.05, 3.63) is 0 Å². The Balaban J connectivity index is 3.52. The van der Waals surface area contributed by atoms with Crippen LogP contribution < -0.4 is 5.73 Å². The Morgan fingerprint density at radius 2 is 2.08 bits per heavy atom. The standard InChI is InChI=1S/C9H19NO3/c1-9(2,3)13-8(12)6-4-5-7(10)11/h8,12H,4-6H2,1-3H3,(H2,10,11). The van der Waals surface area contributed by atoms with E-state index >= 15 is 0 Å². The zero-order valence-electron chi connectivity index (χ0n) is 8.54. The van der Waals surface area contributed by atoms with Gasteiger partial charge in [-0.15, -0.1) is 0 Å². The lowest BCUT2D eigenvalue weighted by Gasteiger charge is -2.23. The molecule has 0 heterocycles. The van der Waals surface area contributed by atoms with Crippen molar-refractivity contribution in [2.75, 3.05) is 0 Å². The van der Waals surface area contributed by atoms with Crippen LogP contribution in [0.5, 0.6) is 0 Å². The number of carbonyl (C=O) groups is 1. The molecule has 13 heavy (non-hydrogen) atoms. The maximum Gasteiger partial charge on any atom is 0.217 e. The summed E-state index contributed by atoms with van der Waals surface area (Å²) < 4.78 is 5.22. The first-order chi connectivity index (χ1) is 5.81. The third kappa shape index (κ3) is 9.30. The van der Waals surface area contributed by atoms with Gasteiger partial charge in [0.1, 0.15) is 0 Å². The van der Waals surface area contributed by atoms with E-state index in [0.717, 1.165) is 0 Å². The van der Waals surface area contributed by atoms with Crippen molar-refractivity contribution >= 4 is 5.91 Å². The molecule has 0 aliphatic heterocycles. The van der Waals surface area contributed by atoms with Gasteiger partial charge in [0, 0.05) is 6.42 Å². The molecule has 1 amide bonds. The largest absolute Gasteiger partial charge is 0.370 e. The number of ether oxygens (including phenoxy) is 1. The molecule has 0 aromatic rings. The van der Waals surface area contributed by atoms with Crippen molar-refractivity contribution in [3.63, 3.8) is 0 Å². The predicted octanol–water partition coefficient (Wildman–Crippen LogP) is 0.776. The highest BCUT2D eigenvalue weighted by Gasteiger charge is 2.16. The Labute approximate surface area is 79.1 Å². The minimum absolute atomic E-state index is 0.296. The number of hydrogen-bond acceptors (Lipinski definition) is 3. The van der Waals surface area contributed by atoms with Gasteiger partial charge in [-0.1, -0.05) is 0 Å². The second-order valence-corrected chi connectivity index (χ2v) is 4.04. The topological polar surface area (TPSA) is 72.6 Å². The molecule has 0 aliphatic carbocycles. The highest BCUT2D eigenvalue weighted by Crippen LogP contribution is 2.12. The van der Waals surface area contributed by atoms with Gasteiger partial charge in [-0.3, -0.25) is 4.79 Å². The zero-order chi connectivity index (χ0) is 10.5. The van der Waals surface area contributed by atoms with Crippen molar-refractivity contribution in [1.29, 1.82) is 0 Å². The minimum Gasteiger partial charge on any atom is -0.370 e. The highest BCUT2D eigenvalue weighted by atomic mass is 16.6. The van der Waals surface area contributed by atoms with E-state index in [1.165, 1.54) is 0 Å². The average molecular weight is 189 g/mol. The number of aliphatic hydroxyl groups is 1. The fourth-order valence-electron chi connectivity index (χ4n) is 0.918. The quantitative estimate of drug-likeness (QED) is 0.627. The van der Waals surface area contributed by atoms with Crippen LogP contribution in [0.2, 0.25) is 0 Å². The van der Waals surface area contributed by atoms with Gasteiger partial charge in [0.05, 0.1) is 5.60 Å². The average Bonchev–Trinajstić information content (AvgIpc) is 1.81. The summed E-state index contributed by atoms with van der Waals surface area (Å²) >= 11 is 0. The maximum atomic E-state index is 10.4. The normalized spacial score (nSPS) is 14.2. The molecule has 1 unspecified atom stereocenters. The van der Waals surface area contributed by atoms with Crippen molar-refractivity contribution in [2.24, 2.45) is 5.73 Å². The first kappa shape index (κ1) is 12.4. The lowest BCUT2D eigenvalue weighted by molar-refractivity contribution is -0.168. The third-order valence-electron chi connectivity index (χ3n) is 1.36. The molecule has 0 saturated carbocycles. The van der Waals surface area contributed by atoms with Crippen molar-refractivity contribution in [2.45, 2.75) is 51.9 Å². The number of hydrogen-bond donors (Lipinski definition) is 2. The van der Waals surface area contributed by atoms with E-state index in [1.807, 2.05) is 20.8 Å². The number of amides is 1. The summed E-state index contributed by atoms with van der Waals surface area (Å²) in [5.74, 6) is -0.344. The van der Waals surface area contributed by atoms with Gasteiger partial charge < -0.3 is 15.6 Å². The Morgan fingerprint density at radius 3 is 2.46 bits per heavy atom. The van der Waals surface area contributed by atoms with E-state index in [2.05, 4.69) is 0 Å². The SMILES string of the molecule is CC(C)(C)OC(O)CCCC(N)=O. The maximum absolute atomic E-state index is 10.4. The molecule has 0 fully saturated rings. The lowest BCUT2D eigenvalue weighted by Crippen LogP contribution is -2.27. The molecule has 4 heteroatoms. The van der Waals surface area contributed by atoms with Gasteiger partial charge in [-0.2, -0.15) is 0 Å². The molecule has 0 rings (SSSR count). The van der Waals surface area contributed by atoms with Crippen LogP contribution in [0.25, 0.3) is 0 Å².